The summed E-state index contributed by atoms with van der Waals surface area (Å²) in [7, 11) is 0. The van der Waals surface area contributed by atoms with Crippen molar-refractivity contribution in [2.24, 2.45) is 0 Å². The fourth-order valence-electron chi connectivity index (χ4n) is 2.25. The van der Waals surface area contributed by atoms with Gasteiger partial charge in [-0.3, -0.25) is 4.79 Å². The largest absolute Gasteiger partial charge is 0.392 e. The lowest BCUT2D eigenvalue weighted by Crippen LogP contribution is -2.39. The number of benzene rings is 2. The molecule has 0 saturated heterocycles. The molecule has 0 bridgehead atoms. The lowest BCUT2D eigenvalue weighted by atomic mass is 9.83. The van der Waals surface area contributed by atoms with Gasteiger partial charge in [0.15, 0.2) is 0 Å². The number of rotatable bonds is 5. The Balaban J connectivity index is 2.07. The molecule has 116 valence electrons. The Labute approximate surface area is 129 Å². The molecule has 0 aliphatic carbocycles. The van der Waals surface area contributed by atoms with E-state index in [0.29, 0.717) is 12.1 Å². The highest BCUT2D eigenvalue weighted by atomic mass is 19.1. The van der Waals surface area contributed by atoms with Gasteiger partial charge in [-0.25, -0.2) is 4.39 Å². The van der Waals surface area contributed by atoms with E-state index in [9.17, 15) is 9.18 Å². The van der Waals surface area contributed by atoms with E-state index < -0.39 is 5.41 Å². The molecular weight excluding hydrogens is 281 g/mol. The Morgan fingerprint density at radius 3 is 2.50 bits per heavy atom. The molecule has 0 aliphatic heterocycles. The van der Waals surface area contributed by atoms with Crippen molar-refractivity contribution >= 4 is 5.91 Å². The number of aliphatic hydroxyl groups excluding tert-OH is 1. The van der Waals surface area contributed by atoms with Crippen LogP contribution in [0.3, 0.4) is 0 Å². The Hall–Kier alpha value is -2.20. The summed E-state index contributed by atoms with van der Waals surface area (Å²) in [6.45, 7) is 3.87. The molecule has 4 heteroatoms. The number of hydrogen-bond donors (Lipinski definition) is 2. The van der Waals surface area contributed by atoms with Crippen molar-refractivity contribution in [1.29, 1.82) is 0 Å². The maximum atomic E-state index is 13.3. The molecule has 0 fully saturated rings. The van der Waals surface area contributed by atoms with Crippen LogP contribution in [0.1, 0.15) is 30.5 Å². The van der Waals surface area contributed by atoms with Crippen LogP contribution in [0.5, 0.6) is 0 Å². The number of aliphatic hydroxyl groups is 1. The lowest BCUT2D eigenvalue weighted by molar-refractivity contribution is -0.125. The fraction of sp³-hybridized carbons (Fsp3) is 0.278. The third-order valence-corrected chi connectivity index (χ3v) is 3.74. The maximum absolute atomic E-state index is 13.3. The van der Waals surface area contributed by atoms with Crippen LogP contribution in [0, 0.1) is 5.82 Å². The Bertz CT molecular complexity index is 668. The van der Waals surface area contributed by atoms with Gasteiger partial charge in [-0.05, 0) is 42.7 Å². The van der Waals surface area contributed by atoms with Crippen LogP contribution in [-0.2, 0) is 23.4 Å². The van der Waals surface area contributed by atoms with Crippen LogP contribution in [0.2, 0.25) is 0 Å². The Kier molecular flexibility index (Phi) is 4.93. The summed E-state index contributed by atoms with van der Waals surface area (Å²) in [4.78, 5) is 12.4. The highest BCUT2D eigenvalue weighted by molar-refractivity contribution is 5.87. The van der Waals surface area contributed by atoms with Crippen LogP contribution < -0.4 is 5.32 Å². The maximum Gasteiger partial charge on any atom is 0.230 e. The summed E-state index contributed by atoms with van der Waals surface area (Å²) in [6.07, 6.45) is 0. The minimum absolute atomic E-state index is 0.0312. The second kappa shape index (κ2) is 6.71. The minimum atomic E-state index is -0.823. The van der Waals surface area contributed by atoms with Crippen LogP contribution in [-0.4, -0.2) is 11.0 Å². The summed E-state index contributed by atoms with van der Waals surface area (Å²) >= 11 is 0. The molecule has 2 aromatic rings. The van der Waals surface area contributed by atoms with E-state index in [2.05, 4.69) is 5.32 Å². The van der Waals surface area contributed by atoms with E-state index in [4.69, 9.17) is 5.11 Å². The molecule has 3 nitrogen and oxygen atoms in total. The van der Waals surface area contributed by atoms with E-state index in [-0.39, 0.29) is 18.3 Å². The molecular formula is C18H20FNO2. The number of nitrogens with one attached hydrogen (secondary N) is 1. The van der Waals surface area contributed by atoms with Crippen molar-refractivity contribution in [1.82, 2.24) is 5.32 Å². The van der Waals surface area contributed by atoms with Crippen molar-refractivity contribution in [2.75, 3.05) is 0 Å². The zero-order chi connectivity index (χ0) is 16.2. The van der Waals surface area contributed by atoms with Crippen LogP contribution in [0.15, 0.2) is 48.5 Å². The Morgan fingerprint density at radius 2 is 1.82 bits per heavy atom. The zero-order valence-electron chi connectivity index (χ0n) is 12.8. The second-order valence-electron chi connectivity index (χ2n) is 5.80. The molecule has 0 heterocycles. The number of carbonyl (C=O) groups excluding carboxylic acids is 1. The first-order chi connectivity index (χ1) is 10.4. The van der Waals surface area contributed by atoms with Crippen LogP contribution >= 0.6 is 0 Å². The van der Waals surface area contributed by atoms with Gasteiger partial charge in [-0.2, -0.15) is 0 Å². The first-order valence-corrected chi connectivity index (χ1v) is 7.16. The fourth-order valence-corrected chi connectivity index (χ4v) is 2.25. The molecule has 2 N–H and O–H groups in total. The molecule has 0 aliphatic rings. The summed E-state index contributed by atoms with van der Waals surface area (Å²) in [5.74, 6) is -0.526. The van der Waals surface area contributed by atoms with Gasteiger partial charge in [0.1, 0.15) is 5.82 Å². The van der Waals surface area contributed by atoms with Crippen molar-refractivity contribution in [3.63, 3.8) is 0 Å². The van der Waals surface area contributed by atoms with Gasteiger partial charge in [0.25, 0.3) is 0 Å². The molecule has 0 spiro atoms. The summed E-state index contributed by atoms with van der Waals surface area (Å²) in [6, 6.07) is 13.5. The summed E-state index contributed by atoms with van der Waals surface area (Å²) in [5.41, 5.74) is 1.52. The molecule has 0 atom stereocenters. The SMILES string of the molecule is CC(C)(C(=O)NCc1cccc(CO)c1)c1cccc(F)c1. The van der Waals surface area contributed by atoms with Gasteiger partial charge in [-0.15, -0.1) is 0 Å². The molecule has 2 aromatic carbocycles. The molecule has 0 unspecified atom stereocenters. The predicted molar refractivity (Wildman–Crippen MR) is 83.6 cm³/mol. The standard InChI is InChI=1S/C18H20FNO2/c1-18(2,15-7-4-8-16(19)10-15)17(22)20-11-13-5-3-6-14(9-13)12-21/h3-10,21H,11-12H2,1-2H3,(H,20,22). The summed E-state index contributed by atoms with van der Waals surface area (Å²) < 4.78 is 13.3. The third-order valence-electron chi connectivity index (χ3n) is 3.74. The topological polar surface area (TPSA) is 49.3 Å². The molecule has 0 aromatic heterocycles. The quantitative estimate of drug-likeness (QED) is 0.892. The monoisotopic (exact) mass is 301 g/mol. The second-order valence-corrected chi connectivity index (χ2v) is 5.80. The number of amides is 1. The van der Waals surface area contributed by atoms with Gasteiger partial charge in [0.2, 0.25) is 5.91 Å². The Morgan fingerprint density at radius 1 is 1.14 bits per heavy atom. The molecule has 0 radical (unpaired) electrons. The normalized spacial score (nSPS) is 11.3. The number of hydrogen-bond acceptors (Lipinski definition) is 2. The zero-order valence-corrected chi connectivity index (χ0v) is 12.8. The molecule has 0 saturated carbocycles. The van der Waals surface area contributed by atoms with Crippen molar-refractivity contribution in [3.8, 4) is 0 Å². The van der Waals surface area contributed by atoms with E-state index in [1.807, 2.05) is 24.3 Å². The van der Waals surface area contributed by atoms with E-state index >= 15 is 0 Å². The third kappa shape index (κ3) is 3.71. The van der Waals surface area contributed by atoms with Gasteiger partial charge < -0.3 is 10.4 Å². The van der Waals surface area contributed by atoms with Crippen molar-refractivity contribution in [3.05, 3.63) is 71.0 Å². The van der Waals surface area contributed by atoms with Gasteiger partial charge >= 0.3 is 0 Å². The van der Waals surface area contributed by atoms with E-state index in [1.165, 1.54) is 12.1 Å². The predicted octanol–water partition coefficient (Wildman–Crippen LogP) is 2.91. The molecule has 1 amide bonds. The smallest absolute Gasteiger partial charge is 0.230 e. The van der Waals surface area contributed by atoms with E-state index in [1.54, 1.807) is 26.0 Å². The molecule has 2 rings (SSSR count). The van der Waals surface area contributed by atoms with Crippen molar-refractivity contribution < 1.29 is 14.3 Å². The van der Waals surface area contributed by atoms with Crippen LogP contribution in [0.25, 0.3) is 0 Å². The average Bonchev–Trinajstić information content (AvgIpc) is 2.52. The first-order valence-electron chi connectivity index (χ1n) is 7.16. The number of halogens is 1. The highest BCUT2D eigenvalue weighted by Crippen LogP contribution is 2.24. The van der Waals surface area contributed by atoms with Gasteiger partial charge in [-0.1, -0.05) is 36.4 Å². The first kappa shape index (κ1) is 16.2. The number of carbonyl (C=O) groups is 1. The van der Waals surface area contributed by atoms with Gasteiger partial charge in [0, 0.05) is 6.54 Å². The van der Waals surface area contributed by atoms with Crippen LogP contribution in [0.4, 0.5) is 4.39 Å². The van der Waals surface area contributed by atoms with Crippen molar-refractivity contribution in [2.45, 2.75) is 32.4 Å². The highest BCUT2D eigenvalue weighted by Gasteiger charge is 2.29. The average molecular weight is 301 g/mol. The van der Waals surface area contributed by atoms with Gasteiger partial charge in [0.05, 0.1) is 12.0 Å². The minimum Gasteiger partial charge on any atom is -0.392 e. The molecule has 22 heavy (non-hydrogen) atoms. The summed E-state index contributed by atoms with van der Waals surface area (Å²) in [5, 5.41) is 12.0. The lowest BCUT2D eigenvalue weighted by Gasteiger charge is -2.24. The van der Waals surface area contributed by atoms with E-state index in [0.717, 1.165) is 11.1 Å².